The van der Waals surface area contributed by atoms with Crippen molar-refractivity contribution in [3.63, 3.8) is 0 Å². The second kappa shape index (κ2) is 4.22. The fourth-order valence-electron chi connectivity index (χ4n) is 1.75. The lowest BCUT2D eigenvalue weighted by Gasteiger charge is -2.06. The normalized spacial score (nSPS) is 19.5. The predicted molar refractivity (Wildman–Crippen MR) is 57.6 cm³/mol. The smallest absolute Gasteiger partial charge is 0.163 e. The second-order valence-electron chi connectivity index (χ2n) is 3.73. The Labute approximate surface area is 88.6 Å². The summed E-state index contributed by atoms with van der Waals surface area (Å²) in [5.41, 5.74) is 0.692. The van der Waals surface area contributed by atoms with E-state index in [1.807, 2.05) is 24.3 Å². The summed E-state index contributed by atoms with van der Waals surface area (Å²) in [5.74, 6) is 0.00892. The van der Waals surface area contributed by atoms with Gasteiger partial charge in [-0.05, 0) is 12.5 Å². The van der Waals surface area contributed by atoms with E-state index < -0.39 is 0 Å². The number of Topliss-reactive ketones (excluding diaryl/α,β-unsaturated/α-hetero) is 1. The average Bonchev–Trinajstić information content (AvgIpc) is 2.66. The van der Waals surface area contributed by atoms with E-state index in [2.05, 4.69) is 0 Å². The lowest BCUT2D eigenvalue weighted by Crippen LogP contribution is -2.12. The number of carbonyl (C=O) groups is 2. The Kier molecular flexibility index (Phi) is 2.77. The Bertz CT molecular complexity index is 404. The Morgan fingerprint density at radius 3 is 2.60 bits per heavy atom. The molecule has 0 bridgehead atoms. The maximum atomic E-state index is 11.8. The van der Waals surface area contributed by atoms with Crippen molar-refractivity contribution in [1.29, 1.82) is 0 Å². The number of carbonyl (C=O) groups excluding carboxylic acids is 2. The highest BCUT2D eigenvalue weighted by Gasteiger charge is 2.22. The van der Waals surface area contributed by atoms with Gasteiger partial charge in [0.15, 0.2) is 11.6 Å². The van der Waals surface area contributed by atoms with Crippen molar-refractivity contribution in [1.82, 2.24) is 0 Å². The molecule has 1 aromatic carbocycles. The summed E-state index contributed by atoms with van der Waals surface area (Å²) in [7, 11) is 0. The summed E-state index contributed by atoms with van der Waals surface area (Å²) in [6, 6.07) is 9.12. The molecule has 0 spiro atoms. The van der Waals surface area contributed by atoms with Gasteiger partial charge in [0.1, 0.15) is 0 Å². The fourth-order valence-corrected chi connectivity index (χ4v) is 1.75. The monoisotopic (exact) mass is 200 g/mol. The molecule has 15 heavy (non-hydrogen) atoms. The minimum atomic E-state index is -0.127. The number of ketones is 2. The van der Waals surface area contributed by atoms with Gasteiger partial charge in [-0.15, -0.1) is 0 Å². The fraction of sp³-hybridized carbons (Fsp3) is 0.231. The van der Waals surface area contributed by atoms with Gasteiger partial charge in [0.2, 0.25) is 0 Å². The highest BCUT2D eigenvalue weighted by Crippen LogP contribution is 2.20. The SMILES string of the molecule is O=C(CC1CC=CC1=O)c1ccccc1. The largest absolute Gasteiger partial charge is 0.295 e. The van der Waals surface area contributed by atoms with Crippen LogP contribution < -0.4 is 0 Å². The van der Waals surface area contributed by atoms with Crippen LogP contribution in [0.25, 0.3) is 0 Å². The van der Waals surface area contributed by atoms with Crippen molar-refractivity contribution >= 4 is 11.6 Å². The van der Waals surface area contributed by atoms with E-state index in [4.69, 9.17) is 0 Å². The molecule has 1 unspecified atom stereocenters. The molecule has 1 aromatic rings. The van der Waals surface area contributed by atoms with Gasteiger partial charge in [-0.2, -0.15) is 0 Å². The number of hydrogen-bond donors (Lipinski definition) is 0. The van der Waals surface area contributed by atoms with Crippen molar-refractivity contribution < 1.29 is 9.59 Å². The Hall–Kier alpha value is -1.70. The first-order valence-electron chi connectivity index (χ1n) is 5.06. The Morgan fingerprint density at radius 2 is 2.00 bits per heavy atom. The molecule has 0 fully saturated rings. The molecule has 0 saturated heterocycles. The van der Waals surface area contributed by atoms with E-state index in [9.17, 15) is 9.59 Å². The van der Waals surface area contributed by atoms with Crippen LogP contribution in [0.2, 0.25) is 0 Å². The summed E-state index contributed by atoms with van der Waals surface area (Å²) >= 11 is 0. The molecule has 0 heterocycles. The zero-order valence-electron chi connectivity index (χ0n) is 8.35. The third-order valence-electron chi connectivity index (χ3n) is 2.63. The molecule has 0 radical (unpaired) electrons. The molecule has 1 atom stereocenters. The van der Waals surface area contributed by atoms with E-state index in [1.54, 1.807) is 18.2 Å². The van der Waals surface area contributed by atoms with E-state index in [1.165, 1.54) is 0 Å². The Balaban J connectivity index is 2.02. The van der Waals surface area contributed by atoms with E-state index in [0.717, 1.165) is 0 Å². The number of hydrogen-bond acceptors (Lipinski definition) is 2. The molecule has 0 aliphatic heterocycles. The van der Waals surface area contributed by atoms with Crippen LogP contribution in [0, 0.1) is 5.92 Å². The standard InChI is InChI=1S/C13H12O2/c14-12-8-4-7-11(12)9-13(15)10-5-2-1-3-6-10/h1-6,8,11H,7,9H2. The second-order valence-corrected chi connectivity index (χ2v) is 3.73. The molecular weight excluding hydrogens is 188 g/mol. The molecule has 2 rings (SSSR count). The summed E-state index contributed by atoms with van der Waals surface area (Å²) in [5, 5.41) is 0. The van der Waals surface area contributed by atoms with E-state index in [0.29, 0.717) is 18.4 Å². The van der Waals surface area contributed by atoms with Crippen molar-refractivity contribution in [2.75, 3.05) is 0 Å². The van der Waals surface area contributed by atoms with Gasteiger partial charge in [0.25, 0.3) is 0 Å². The number of benzene rings is 1. The maximum absolute atomic E-state index is 11.8. The van der Waals surface area contributed by atoms with E-state index >= 15 is 0 Å². The van der Waals surface area contributed by atoms with Crippen LogP contribution in [0.5, 0.6) is 0 Å². The molecular formula is C13H12O2. The van der Waals surface area contributed by atoms with Crippen LogP contribution in [0.4, 0.5) is 0 Å². The first-order chi connectivity index (χ1) is 7.27. The summed E-state index contributed by atoms with van der Waals surface area (Å²) in [6.07, 6.45) is 4.45. The third kappa shape index (κ3) is 2.21. The van der Waals surface area contributed by atoms with Crippen LogP contribution in [0.3, 0.4) is 0 Å². The predicted octanol–water partition coefficient (Wildman–Crippen LogP) is 2.40. The van der Waals surface area contributed by atoms with Gasteiger partial charge >= 0.3 is 0 Å². The molecule has 1 aliphatic rings. The molecule has 0 aromatic heterocycles. The third-order valence-corrected chi connectivity index (χ3v) is 2.63. The molecule has 0 amide bonds. The van der Waals surface area contributed by atoms with Gasteiger partial charge in [-0.1, -0.05) is 36.4 Å². The van der Waals surface area contributed by atoms with Crippen LogP contribution >= 0.6 is 0 Å². The highest BCUT2D eigenvalue weighted by atomic mass is 16.1. The minimum Gasteiger partial charge on any atom is -0.295 e. The quantitative estimate of drug-likeness (QED) is 0.702. The van der Waals surface area contributed by atoms with Crippen LogP contribution in [0.15, 0.2) is 42.5 Å². The molecule has 2 nitrogen and oxygen atoms in total. The summed E-state index contributed by atoms with van der Waals surface area (Å²) in [4.78, 5) is 23.1. The molecule has 0 N–H and O–H groups in total. The van der Waals surface area contributed by atoms with Crippen molar-refractivity contribution in [2.45, 2.75) is 12.8 Å². The zero-order valence-corrected chi connectivity index (χ0v) is 8.35. The van der Waals surface area contributed by atoms with Gasteiger partial charge in [-0.3, -0.25) is 9.59 Å². The van der Waals surface area contributed by atoms with Gasteiger partial charge < -0.3 is 0 Å². The maximum Gasteiger partial charge on any atom is 0.163 e. The first-order valence-corrected chi connectivity index (χ1v) is 5.06. The zero-order chi connectivity index (χ0) is 10.7. The van der Waals surface area contributed by atoms with Gasteiger partial charge in [-0.25, -0.2) is 0 Å². The van der Waals surface area contributed by atoms with Gasteiger partial charge in [0.05, 0.1) is 0 Å². The van der Waals surface area contributed by atoms with Crippen LogP contribution in [0.1, 0.15) is 23.2 Å². The number of allylic oxidation sites excluding steroid dienone is 2. The lowest BCUT2D eigenvalue weighted by atomic mass is 9.96. The molecule has 0 saturated carbocycles. The van der Waals surface area contributed by atoms with E-state index in [-0.39, 0.29) is 17.5 Å². The summed E-state index contributed by atoms with van der Waals surface area (Å²) < 4.78 is 0. The van der Waals surface area contributed by atoms with Crippen molar-refractivity contribution in [3.8, 4) is 0 Å². The minimum absolute atomic E-state index is 0.0534. The topological polar surface area (TPSA) is 34.1 Å². The van der Waals surface area contributed by atoms with Crippen molar-refractivity contribution in [3.05, 3.63) is 48.0 Å². The summed E-state index contributed by atoms with van der Waals surface area (Å²) in [6.45, 7) is 0. The van der Waals surface area contributed by atoms with Crippen molar-refractivity contribution in [2.24, 2.45) is 5.92 Å². The molecule has 1 aliphatic carbocycles. The first kappa shape index (κ1) is 9.84. The average molecular weight is 200 g/mol. The Morgan fingerprint density at radius 1 is 1.27 bits per heavy atom. The lowest BCUT2D eigenvalue weighted by molar-refractivity contribution is -0.117. The van der Waals surface area contributed by atoms with Crippen LogP contribution in [-0.2, 0) is 4.79 Å². The number of rotatable bonds is 3. The highest BCUT2D eigenvalue weighted by molar-refractivity contribution is 6.02. The molecule has 76 valence electrons. The van der Waals surface area contributed by atoms with Crippen LogP contribution in [-0.4, -0.2) is 11.6 Å². The van der Waals surface area contributed by atoms with Gasteiger partial charge in [0, 0.05) is 17.9 Å². The molecule has 2 heteroatoms.